The molecule has 0 aromatic carbocycles. The minimum Gasteiger partial charge on any atom is -0.251 e. The first kappa shape index (κ1) is 7.91. The Bertz CT molecular complexity index is 206. The summed E-state index contributed by atoms with van der Waals surface area (Å²) in [6.45, 7) is -0.536. The second-order valence-corrected chi connectivity index (χ2v) is 4.21. The van der Waals surface area contributed by atoms with Gasteiger partial charge in [-0.2, -0.15) is 8.42 Å². The van der Waals surface area contributed by atoms with Crippen LogP contribution in [0.15, 0.2) is 0 Å². The monoisotopic (exact) mass is 170 g/mol. The lowest BCUT2D eigenvalue weighted by Gasteiger charge is -2.29. The van der Waals surface area contributed by atoms with Crippen LogP contribution >= 0.6 is 0 Å². The van der Waals surface area contributed by atoms with Crippen LogP contribution in [0.4, 0.5) is 8.28 Å². The molecule has 0 radical (unpaired) electrons. The van der Waals surface area contributed by atoms with E-state index in [1.54, 1.807) is 0 Å². The number of hydrogen-bond acceptors (Lipinski definition) is 2. The van der Waals surface area contributed by atoms with Crippen molar-refractivity contribution in [1.29, 1.82) is 0 Å². The third-order valence-electron chi connectivity index (χ3n) is 1.81. The molecule has 0 amide bonds. The third-order valence-corrected chi connectivity index (χ3v) is 2.99. The van der Waals surface area contributed by atoms with Crippen LogP contribution in [-0.4, -0.2) is 20.3 Å². The molecule has 0 aliphatic heterocycles. The Hall–Kier alpha value is -0.190. The highest BCUT2D eigenvalue weighted by Gasteiger charge is 2.38. The highest BCUT2D eigenvalue weighted by Crippen LogP contribution is 2.33. The number of halogens is 2. The van der Waals surface area contributed by atoms with E-state index < -0.39 is 22.1 Å². The molecule has 0 atom stereocenters. The molecule has 0 saturated heterocycles. The van der Waals surface area contributed by atoms with Crippen molar-refractivity contribution >= 4 is 10.2 Å². The topological polar surface area (TPSA) is 34.1 Å². The fourth-order valence-corrected chi connectivity index (χ4v) is 2.03. The molecule has 0 heterocycles. The molecule has 0 aromatic rings. The molecule has 10 heavy (non-hydrogen) atoms. The van der Waals surface area contributed by atoms with Crippen LogP contribution in [0.2, 0.25) is 0 Å². The van der Waals surface area contributed by atoms with E-state index in [0.717, 1.165) is 0 Å². The first-order chi connectivity index (χ1) is 4.54. The van der Waals surface area contributed by atoms with Gasteiger partial charge in [-0.15, -0.1) is 3.89 Å². The van der Waals surface area contributed by atoms with Crippen LogP contribution in [0.3, 0.4) is 0 Å². The molecule has 2 nitrogen and oxygen atoms in total. The van der Waals surface area contributed by atoms with Gasteiger partial charge in [0, 0.05) is 0 Å². The lowest BCUT2D eigenvalue weighted by atomic mass is 9.86. The van der Waals surface area contributed by atoms with Crippen LogP contribution in [-0.2, 0) is 10.2 Å². The number of rotatable bonds is 2. The van der Waals surface area contributed by atoms with Crippen molar-refractivity contribution in [2.45, 2.75) is 18.1 Å². The maximum atomic E-state index is 12.0. The third kappa shape index (κ3) is 1.45. The predicted octanol–water partition coefficient (Wildman–Crippen LogP) is 1.03. The van der Waals surface area contributed by atoms with Crippen molar-refractivity contribution in [1.82, 2.24) is 0 Å². The van der Waals surface area contributed by atoms with Gasteiger partial charge in [0.2, 0.25) is 0 Å². The highest BCUT2D eigenvalue weighted by atomic mass is 32.3. The minimum absolute atomic E-state index is 0.148. The molecule has 1 fully saturated rings. The van der Waals surface area contributed by atoms with Gasteiger partial charge in [-0.25, -0.2) is 0 Å². The van der Waals surface area contributed by atoms with Gasteiger partial charge < -0.3 is 0 Å². The predicted molar refractivity (Wildman–Crippen MR) is 32.5 cm³/mol. The Kier molecular flexibility index (Phi) is 1.94. The summed E-state index contributed by atoms with van der Waals surface area (Å²) in [4.78, 5) is 0. The standard InChI is InChI=1S/C5H8F2O2S/c6-3-4-1-5(2-4)10(7,8)9/h4-5H,1-3H2. The lowest BCUT2D eigenvalue weighted by Crippen LogP contribution is -2.34. The average Bonchev–Trinajstić information content (AvgIpc) is 1.57. The Morgan fingerprint density at radius 2 is 1.90 bits per heavy atom. The largest absolute Gasteiger partial charge is 0.305 e. The Balaban J connectivity index is 2.41. The molecule has 1 aliphatic carbocycles. The molecule has 60 valence electrons. The van der Waals surface area contributed by atoms with E-state index in [2.05, 4.69) is 0 Å². The molecule has 0 bridgehead atoms. The summed E-state index contributed by atoms with van der Waals surface area (Å²) in [6.07, 6.45) is 0.296. The Labute approximate surface area is 58.4 Å². The van der Waals surface area contributed by atoms with Crippen molar-refractivity contribution < 1.29 is 16.7 Å². The van der Waals surface area contributed by atoms with E-state index in [4.69, 9.17) is 0 Å². The summed E-state index contributed by atoms with van der Waals surface area (Å²) in [7, 11) is -4.38. The van der Waals surface area contributed by atoms with E-state index in [-0.39, 0.29) is 18.8 Å². The maximum absolute atomic E-state index is 12.0. The van der Waals surface area contributed by atoms with Gasteiger partial charge in [-0.3, -0.25) is 4.39 Å². The van der Waals surface area contributed by atoms with Crippen molar-refractivity contribution in [2.24, 2.45) is 5.92 Å². The minimum atomic E-state index is -4.38. The second-order valence-electron chi connectivity index (χ2n) is 2.59. The average molecular weight is 170 g/mol. The summed E-state index contributed by atoms with van der Waals surface area (Å²) in [5, 5.41) is -0.923. The molecule has 5 heteroatoms. The van der Waals surface area contributed by atoms with E-state index in [0.29, 0.717) is 0 Å². The second kappa shape index (κ2) is 2.45. The smallest absolute Gasteiger partial charge is 0.251 e. The molecule has 1 rings (SSSR count). The van der Waals surface area contributed by atoms with E-state index >= 15 is 0 Å². The lowest BCUT2D eigenvalue weighted by molar-refractivity contribution is 0.242. The fraction of sp³-hybridized carbons (Fsp3) is 1.00. The van der Waals surface area contributed by atoms with Crippen LogP contribution in [0.25, 0.3) is 0 Å². The summed E-state index contributed by atoms with van der Waals surface area (Å²) in [5.74, 6) is -0.226. The molecule has 0 N–H and O–H groups in total. The maximum Gasteiger partial charge on any atom is 0.305 e. The molecule has 1 aliphatic rings. The SMILES string of the molecule is O=S(=O)(F)C1CC(CF)C1. The van der Waals surface area contributed by atoms with Gasteiger partial charge in [0.25, 0.3) is 0 Å². The molecular formula is C5H8F2O2S. The van der Waals surface area contributed by atoms with Crippen molar-refractivity contribution in [3.8, 4) is 0 Å². The molecule has 0 spiro atoms. The summed E-state index contributed by atoms with van der Waals surface area (Å²) >= 11 is 0. The number of hydrogen-bond donors (Lipinski definition) is 0. The first-order valence-corrected chi connectivity index (χ1v) is 4.48. The van der Waals surface area contributed by atoms with Crippen LogP contribution in [0.1, 0.15) is 12.8 Å². The van der Waals surface area contributed by atoms with Gasteiger partial charge in [-0.05, 0) is 18.8 Å². The van der Waals surface area contributed by atoms with Crippen LogP contribution in [0, 0.1) is 5.92 Å². The Morgan fingerprint density at radius 1 is 1.40 bits per heavy atom. The van der Waals surface area contributed by atoms with E-state index in [1.165, 1.54) is 0 Å². The molecule has 0 unspecified atom stereocenters. The zero-order valence-corrected chi connectivity index (χ0v) is 6.07. The molecule has 0 aromatic heterocycles. The summed E-state index contributed by atoms with van der Waals surface area (Å²) in [5.41, 5.74) is 0. The van der Waals surface area contributed by atoms with Crippen molar-refractivity contribution in [3.63, 3.8) is 0 Å². The van der Waals surface area contributed by atoms with E-state index in [1.807, 2.05) is 0 Å². The molecule has 1 saturated carbocycles. The van der Waals surface area contributed by atoms with E-state index in [9.17, 15) is 16.7 Å². The highest BCUT2D eigenvalue weighted by molar-refractivity contribution is 7.87. The Morgan fingerprint density at radius 3 is 2.20 bits per heavy atom. The van der Waals surface area contributed by atoms with Crippen LogP contribution in [0.5, 0.6) is 0 Å². The quantitative estimate of drug-likeness (QED) is 0.580. The van der Waals surface area contributed by atoms with Gasteiger partial charge in [-0.1, -0.05) is 0 Å². The summed E-state index contributed by atoms with van der Waals surface area (Å²) < 4.78 is 43.8. The zero-order valence-electron chi connectivity index (χ0n) is 5.26. The van der Waals surface area contributed by atoms with Gasteiger partial charge in [0.1, 0.15) is 0 Å². The van der Waals surface area contributed by atoms with Gasteiger partial charge in [0.05, 0.1) is 11.9 Å². The summed E-state index contributed by atoms with van der Waals surface area (Å²) in [6, 6.07) is 0. The van der Waals surface area contributed by atoms with Crippen molar-refractivity contribution in [3.05, 3.63) is 0 Å². The van der Waals surface area contributed by atoms with Gasteiger partial charge >= 0.3 is 10.2 Å². The van der Waals surface area contributed by atoms with Crippen LogP contribution < -0.4 is 0 Å². The number of alkyl halides is 1. The zero-order chi connectivity index (χ0) is 7.78. The van der Waals surface area contributed by atoms with Gasteiger partial charge in [0.15, 0.2) is 0 Å². The van der Waals surface area contributed by atoms with Crippen molar-refractivity contribution in [2.75, 3.05) is 6.67 Å². The fourth-order valence-electron chi connectivity index (χ4n) is 1.03. The molecular weight excluding hydrogens is 162 g/mol. The normalized spacial score (nSPS) is 33.4. The first-order valence-electron chi connectivity index (χ1n) is 3.03.